The zero-order chi connectivity index (χ0) is 14.4. The van der Waals surface area contributed by atoms with E-state index in [-0.39, 0.29) is 0 Å². The number of hydrogen-bond acceptors (Lipinski definition) is 5. The van der Waals surface area contributed by atoms with Gasteiger partial charge in [-0.15, -0.1) is 11.3 Å². The van der Waals surface area contributed by atoms with Gasteiger partial charge in [0.2, 0.25) is 0 Å². The first-order valence-electron chi connectivity index (χ1n) is 6.82. The summed E-state index contributed by atoms with van der Waals surface area (Å²) in [5, 5.41) is 4.55. The molecule has 2 aromatic rings. The molecule has 1 N–H and O–H groups in total. The normalized spacial score (nSPS) is 12.6. The second-order valence-corrected chi connectivity index (χ2v) is 5.76. The van der Waals surface area contributed by atoms with E-state index in [0.29, 0.717) is 6.04 Å². The minimum Gasteiger partial charge on any atom is -0.385 e. The molecule has 4 nitrogen and oxygen atoms in total. The highest BCUT2D eigenvalue weighted by atomic mass is 32.1. The number of nitrogens with one attached hydrogen (secondary N) is 1. The fourth-order valence-electron chi connectivity index (χ4n) is 2.05. The molecular weight excluding hydrogens is 270 g/mol. The van der Waals surface area contributed by atoms with Crippen LogP contribution >= 0.6 is 11.3 Å². The van der Waals surface area contributed by atoms with Crippen LogP contribution in [0.15, 0.2) is 24.5 Å². The van der Waals surface area contributed by atoms with Crippen LogP contribution in [0.4, 0.5) is 0 Å². The lowest BCUT2D eigenvalue weighted by molar-refractivity contribution is 0.193. The molecule has 0 aliphatic carbocycles. The van der Waals surface area contributed by atoms with Crippen molar-refractivity contribution in [3.8, 4) is 10.6 Å². The molecule has 0 fully saturated rings. The van der Waals surface area contributed by atoms with Crippen LogP contribution in [-0.2, 0) is 4.74 Å². The maximum atomic E-state index is 5.06. The van der Waals surface area contributed by atoms with Gasteiger partial charge in [-0.1, -0.05) is 0 Å². The van der Waals surface area contributed by atoms with Crippen molar-refractivity contribution in [2.45, 2.75) is 26.3 Å². The summed E-state index contributed by atoms with van der Waals surface area (Å²) in [5.41, 5.74) is 2.18. The fourth-order valence-corrected chi connectivity index (χ4v) is 3.13. The minimum atomic E-state index is 0.315. The molecule has 108 valence electrons. The average molecular weight is 291 g/mol. The molecule has 1 atom stereocenters. The number of rotatable bonds is 7. The van der Waals surface area contributed by atoms with Gasteiger partial charge in [0.05, 0.1) is 5.69 Å². The van der Waals surface area contributed by atoms with Crippen LogP contribution in [-0.4, -0.2) is 30.2 Å². The molecule has 0 amide bonds. The summed E-state index contributed by atoms with van der Waals surface area (Å²) in [5.74, 6) is 0. The maximum absolute atomic E-state index is 5.06. The number of aromatic nitrogens is 2. The molecule has 2 rings (SSSR count). The molecule has 20 heavy (non-hydrogen) atoms. The third-order valence-electron chi connectivity index (χ3n) is 3.11. The Hall–Kier alpha value is -1.30. The topological polar surface area (TPSA) is 47.0 Å². The van der Waals surface area contributed by atoms with E-state index in [2.05, 4.69) is 29.1 Å². The molecule has 0 unspecified atom stereocenters. The Morgan fingerprint density at radius 3 is 3.00 bits per heavy atom. The molecule has 2 aromatic heterocycles. The van der Waals surface area contributed by atoms with Gasteiger partial charge in [-0.05, 0) is 38.9 Å². The number of ether oxygens (including phenoxy) is 1. The Kier molecular flexibility index (Phi) is 5.64. The Labute approximate surface area is 124 Å². The van der Waals surface area contributed by atoms with Crippen molar-refractivity contribution in [2.75, 3.05) is 20.3 Å². The summed E-state index contributed by atoms with van der Waals surface area (Å²) >= 11 is 1.74. The Morgan fingerprint density at radius 2 is 2.30 bits per heavy atom. The van der Waals surface area contributed by atoms with Crippen molar-refractivity contribution in [2.24, 2.45) is 0 Å². The predicted octanol–water partition coefficient (Wildman–Crippen LogP) is 3.20. The quantitative estimate of drug-likeness (QED) is 0.796. The van der Waals surface area contributed by atoms with E-state index < -0.39 is 0 Å². The SMILES string of the molecule is COCCCN[C@@H](C)c1sc(-c2cccnc2)nc1C. The highest BCUT2D eigenvalue weighted by Crippen LogP contribution is 2.31. The monoisotopic (exact) mass is 291 g/mol. The number of hydrogen-bond donors (Lipinski definition) is 1. The van der Waals surface area contributed by atoms with Crippen LogP contribution < -0.4 is 5.32 Å². The van der Waals surface area contributed by atoms with Gasteiger partial charge in [0.15, 0.2) is 0 Å². The van der Waals surface area contributed by atoms with Gasteiger partial charge >= 0.3 is 0 Å². The van der Waals surface area contributed by atoms with E-state index >= 15 is 0 Å². The molecule has 2 heterocycles. The molecule has 0 aliphatic rings. The van der Waals surface area contributed by atoms with E-state index in [1.165, 1.54) is 4.88 Å². The predicted molar refractivity (Wildman–Crippen MR) is 83.0 cm³/mol. The number of nitrogens with zero attached hydrogens (tertiary/aromatic N) is 2. The summed E-state index contributed by atoms with van der Waals surface area (Å²) in [6.07, 6.45) is 4.66. The third-order valence-corrected chi connectivity index (χ3v) is 4.50. The van der Waals surface area contributed by atoms with Crippen LogP contribution in [0.5, 0.6) is 0 Å². The largest absolute Gasteiger partial charge is 0.385 e. The molecular formula is C15H21N3OS. The lowest BCUT2D eigenvalue weighted by Crippen LogP contribution is -2.20. The lowest BCUT2D eigenvalue weighted by atomic mass is 10.2. The van der Waals surface area contributed by atoms with Crippen LogP contribution in [0.1, 0.15) is 30.0 Å². The second kappa shape index (κ2) is 7.47. The first kappa shape index (κ1) is 15.1. The molecule has 0 saturated heterocycles. The van der Waals surface area contributed by atoms with Gasteiger partial charge in [-0.25, -0.2) is 4.98 Å². The van der Waals surface area contributed by atoms with Gasteiger partial charge in [-0.3, -0.25) is 4.98 Å². The standard InChI is InChI=1S/C15H21N3OS/c1-11(17-8-5-9-19-3)14-12(2)18-15(20-14)13-6-4-7-16-10-13/h4,6-7,10-11,17H,5,8-9H2,1-3H3/t11-/m0/s1. The van der Waals surface area contributed by atoms with Gasteiger partial charge in [0, 0.05) is 42.6 Å². The van der Waals surface area contributed by atoms with Gasteiger partial charge in [0.25, 0.3) is 0 Å². The van der Waals surface area contributed by atoms with E-state index in [0.717, 1.165) is 35.8 Å². The molecule has 0 aliphatic heterocycles. The highest BCUT2D eigenvalue weighted by Gasteiger charge is 2.14. The second-order valence-electron chi connectivity index (χ2n) is 4.73. The van der Waals surface area contributed by atoms with Crippen molar-refractivity contribution in [3.63, 3.8) is 0 Å². The van der Waals surface area contributed by atoms with Crippen molar-refractivity contribution in [1.82, 2.24) is 15.3 Å². The van der Waals surface area contributed by atoms with E-state index in [1.807, 2.05) is 18.3 Å². The van der Waals surface area contributed by atoms with Crippen LogP contribution in [0.2, 0.25) is 0 Å². The van der Waals surface area contributed by atoms with Crippen molar-refractivity contribution < 1.29 is 4.74 Å². The smallest absolute Gasteiger partial charge is 0.125 e. The number of aryl methyl sites for hydroxylation is 1. The Balaban J connectivity index is 2.04. The van der Waals surface area contributed by atoms with Crippen LogP contribution in [0.25, 0.3) is 10.6 Å². The molecule has 0 aromatic carbocycles. The number of methoxy groups -OCH3 is 1. The summed E-state index contributed by atoms with van der Waals surface area (Å²) in [4.78, 5) is 10.1. The van der Waals surface area contributed by atoms with E-state index in [1.54, 1.807) is 24.6 Å². The first-order chi connectivity index (χ1) is 9.72. The number of thiazole rings is 1. The molecule has 0 saturated carbocycles. The summed E-state index contributed by atoms with van der Waals surface area (Å²) in [6.45, 7) is 6.00. The van der Waals surface area contributed by atoms with Crippen molar-refractivity contribution in [3.05, 3.63) is 35.1 Å². The zero-order valence-electron chi connectivity index (χ0n) is 12.2. The van der Waals surface area contributed by atoms with Gasteiger partial charge < -0.3 is 10.1 Å². The minimum absolute atomic E-state index is 0.315. The Bertz CT molecular complexity index is 527. The van der Waals surface area contributed by atoms with Crippen molar-refractivity contribution in [1.29, 1.82) is 0 Å². The maximum Gasteiger partial charge on any atom is 0.125 e. The first-order valence-corrected chi connectivity index (χ1v) is 7.64. The highest BCUT2D eigenvalue weighted by molar-refractivity contribution is 7.15. The van der Waals surface area contributed by atoms with Gasteiger partial charge in [0.1, 0.15) is 5.01 Å². The molecule has 0 bridgehead atoms. The van der Waals surface area contributed by atoms with Gasteiger partial charge in [-0.2, -0.15) is 0 Å². The van der Waals surface area contributed by atoms with E-state index in [4.69, 9.17) is 4.74 Å². The number of pyridine rings is 1. The molecule has 5 heteroatoms. The zero-order valence-corrected chi connectivity index (χ0v) is 13.0. The summed E-state index contributed by atoms with van der Waals surface area (Å²) in [7, 11) is 1.73. The average Bonchev–Trinajstić information content (AvgIpc) is 2.86. The fraction of sp³-hybridized carbons (Fsp3) is 0.467. The summed E-state index contributed by atoms with van der Waals surface area (Å²) < 4.78 is 5.06. The lowest BCUT2D eigenvalue weighted by Gasteiger charge is -2.12. The Morgan fingerprint density at radius 1 is 1.45 bits per heavy atom. The molecule has 0 radical (unpaired) electrons. The van der Waals surface area contributed by atoms with Crippen LogP contribution in [0.3, 0.4) is 0 Å². The van der Waals surface area contributed by atoms with Crippen molar-refractivity contribution >= 4 is 11.3 Å². The van der Waals surface area contributed by atoms with E-state index in [9.17, 15) is 0 Å². The molecule has 0 spiro atoms. The third kappa shape index (κ3) is 3.85. The van der Waals surface area contributed by atoms with Crippen LogP contribution in [0, 0.1) is 6.92 Å². The summed E-state index contributed by atoms with van der Waals surface area (Å²) in [6, 6.07) is 4.30.